The molecule has 6 heteroatoms. The average Bonchev–Trinajstić information content (AvgIpc) is 3.12. The normalized spacial score (nSPS) is 17.6. The van der Waals surface area contributed by atoms with Crippen LogP contribution in [0.2, 0.25) is 0 Å². The van der Waals surface area contributed by atoms with Crippen LogP contribution >= 0.6 is 0 Å². The molecule has 2 unspecified atom stereocenters. The molecular weight excluding hydrogens is 332 g/mol. The van der Waals surface area contributed by atoms with E-state index in [1.54, 1.807) is 17.0 Å². The van der Waals surface area contributed by atoms with Gasteiger partial charge in [-0.15, -0.1) is 0 Å². The van der Waals surface area contributed by atoms with Gasteiger partial charge in [0.1, 0.15) is 12.6 Å². The highest BCUT2D eigenvalue weighted by Crippen LogP contribution is 2.20. The van der Waals surface area contributed by atoms with E-state index in [0.29, 0.717) is 18.5 Å². The van der Waals surface area contributed by atoms with Gasteiger partial charge >= 0.3 is 6.09 Å². The maximum Gasteiger partial charge on any atom is 0.408 e. The molecule has 2 atom stereocenters. The molecule has 1 aliphatic rings. The molecule has 0 bridgehead atoms. The van der Waals surface area contributed by atoms with Gasteiger partial charge in [0.2, 0.25) is 5.91 Å². The van der Waals surface area contributed by atoms with Crippen LogP contribution in [0.4, 0.5) is 4.79 Å². The van der Waals surface area contributed by atoms with Gasteiger partial charge in [0.25, 0.3) is 0 Å². The Bertz CT molecular complexity index is 736. The smallest absolute Gasteiger partial charge is 0.408 e. The van der Waals surface area contributed by atoms with Crippen LogP contribution in [0.3, 0.4) is 0 Å². The van der Waals surface area contributed by atoms with Crippen molar-refractivity contribution in [2.75, 3.05) is 13.1 Å². The summed E-state index contributed by atoms with van der Waals surface area (Å²) >= 11 is 0. The number of hydrogen-bond acceptors (Lipinski definition) is 4. The molecule has 6 nitrogen and oxygen atoms in total. The Balaban J connectivity index is 1.67. The molecule has 2 aromatic carbocycles. The first kappa shape index (κ1) is 17.9. The van der Waals surface area contributed by atoms with Gasteiger partial charge in [0.15, 0.2) is 0 Å². The Kier molecular flexibility index (Phi) is 5.86. The fraction of sp³-hybridized carbons (Fsp3) is 0.300. The van der Waals surface area contributed by atoms with Crippen molar-refractivity contribution in [3.8, 4) is 0 Å². The zero-order valence-electron chi connectivity index (χ0n) is 14.4. The van der Waals surface area contributed by atoms with Gasteiger partial charge in [-0.05, 0) is 17.5 Å². The molecule has 0 aromatic heterocycles. The third-order valence-electron chi connectivity index (χ3n) is 4.33. The topological polar surface area (TPSA) is 78.9 Å². The number of alkyl carbamates (subject to hydrolysis) is 1. The molecule has 1 heterocycles. The van der Waals surface area contributed by atoms with Crippen molar-refractivity contribution in [1.82, 2.24) is 10.2 Å². The second kappa shape index (κ2) is 8.49. The van der Waals surface area contributed by atoms with E-state index in [-0.39, 0.29) is 19.1 Å². The molecule has 0 saturated carbocycles. The van der Waals surface area contributed by atoms with Crippen molar-refractivity contribution in [3.63, 3.8) is 0 Å². The highest BCUT2D eigenvalue weighted by Gasteiger charge is 2.32. The molecule has 2 amide bonds. The largest absolute Gasteiger partial charge is 0.445 e. The van der Waals surface area contributed by atoms with Crippen LogP contribution < -0.4 is 5.32 Å². The molecule has 3 rings (SSSR count). The number of nitrogens with zero attached hydrogens (tertiary/aromatic N) is 1. The first-order valence-corrected chi connectivity index (χ1v) is 8.62. The molecule has 0 radical (unpaired) electrons. The number of carbonyl (C=O) groups excluding carboxylic acids is 2. The Morgan fingerprint density at radius 2 is 1.77 bits per heavy atom. The quantitative estimate of drug-likeness (QED) is 0.863. The molecule has 2 aromatic rings. The Labute approximate surface area is 152 Å². The lowest BCUT2D eigenvalue weighted by Crippen LogP contribution is -2.42. The lowest BCUT2D eigenvalue weighted by atomic mass is 10.1. The van der Waals surface area contributed by atoms with Crippen molar-refractivity contribution in [1.29, 1.82) is 0 Å². The summed E-state index contributed by atoms with van der Waals surface area (Å²) in [6.07, 6.45) is -0.623. The van der Waals surface area contributed by atoms with Gasteiger partial charge in [-0.1, -0.05) is 60.7 Å². The summed E-state index contributed by atoms with van der Waals surface area (Å²) in [5.41, 5.74) is 1.54. The van der Waals surface area contributed by atoms with Crippen LogP contribution in [0.5, 0.6) is 0 Å². The Hall–Kier alpha value is -2.86. The van der Waals surface area contributed by atoms with Crippen LogP contribution in [0, 0.1) is 0 Å². The van der Waals surface area contributed by atoms with Gasteiger partial charge < -0.3 is 20.1 Å². The number of ether oxygens (including phenoxy) is 1. The van der Waals surface area contributed by atoms with Crippen molar-refractivity contribution in [2.24, 2.45) is 0 Å². The van der Waals surface area contributed by atoms with Gasteiger partial charge in [-0.25, -0.2) is 4.79 Å². The second-order valence-electron chi connectivity index (χ2n) is 6.28. The van der Waals surface area contributed by atoms with E-state index >= 15 is 0 Å². The minimum Gasteiger partial charge on any atom is -0.445 e. The summed E-state index contributed by atoms with van der Waals surface area (Å²) in [5, 5.41) is 12.3. The highest BCUT2D eigenvalue weighted by atomic mass is 16.5. The summed E-state index contributed by atoms with van der Waals surface area (Å²) in [7, 11) is 0. The minimum atomic E-state index is -0.843. The molecule has 1 saturated heterocycles. The monoisotopic (exact) mass is 354 g/mol. The van der Waals surface area contributed by atoms with Crippen LogP contribution in [0.15, 0.2) is 60.7 Å². The summed E-state index contributed by atoms with van der Waals surface area (Å²) < 4.78 is 5.24. The number of amides is 2. The number of aliphatic hydroxyl groups excluding tert-OH is 1. The van der Waals surface area contributed by atoms with Crippen LogP contribution in [-0.2, 0) is 16.1 Å². The van der Waals surface area contributed by atoms with E-state index < -0.39 is 18.2 Å². The molecule has 0 aliphatic carbocycles. The maximum absolute atomic E-state index is 12.8. The van der Waals surface area contributed by atoms with Crippen molar-refractivity contribution < 1.29 is 19.4 Å². The maximum atomic E-state index is 12.8. The first-order chi connectivity index (χ1) is 12.6. The van der Waals surface area contributed by atoms with E-state index in [4.69, 9.17) is 4.74 Å². The standard InChI is InChI=1S/C20H22N2O4/c23-17-11-12-22(13-17)19(24)18(16-9-5-2-6-10-16)21-20(25)26-14-15-7-3-1-4-8-15/h1-10,17-18,23H,11-14H2,(H,21,25). The van der Waals surface area contributed by atoms with Crippen molar-refractivity contribution in [2.45, 2.75) is 25.2 Å². The summed E-state index contributed by atoms with van der Waals surface area (Å²) in [6.45, 7) is 0.887. The summed E-state index contributed by atoms with van der Waals surface area (Å²) in [5.74, 6) is -0.246. The molecule has 26 heavy (non-hydrogen) atoms. The number of hydrogen-bond donors (Lipinski definition) is 2. The average molecular weight is 354 g/mol. The van der Waals surface area contributed by atoms with Crippen LogP contribution in [0.1, 0.15) is 23.6 Å². The fourth-order valence-corrected chi connectivity index (χ4v) is 2.94. The molecule has 0 spiro atoms. The number of β-amino-alcohol motifs (C(OH)–C–C–N with tert-alkyl or cyclic N) is 1. The molecule has 2 N–H and O–H groups in total. The second-order valence-corrected chi connectivity index (χ2v) is 6.28. The van der Waals surface area contributed by atoms with E-state index in [1.807, 2.05) is 48.5 Å². The van der Waals surface area contributed by atoms with Gasteiger partial charge in [0.05, 0.1) is 6.10 Å². The summed E-state index contributed by atoms with van der Waals surface area (Å²) in [6, 6.07) is 17.5. The minimum absolute atomic E-state index is 0.130. The number of carbonyl (C=O) groups is 2. The number of nitrogens with one attached hydrogen (secondary N) is 1. The Morgan fingerprint density at radius 3 is 2.38 bits per heavy atom. The predicted molar refractivity (Wildman–Crippen MR) is 96.1 cm³/mol. The molecular formula is C20H22N2O4. The molecule has 1 fully saturated rings. The van der Waals surface area contributed by atoms with Gasteiger partial charge in [-0.2, -0.15) is 0 Å². The first-order valence-electron chi connectivity index (χ1n) is 8.62. The van der Waals surface area contributed by atoms with Crippen molar-refractivity contribution >= 4 is 12.0 Å². The summed E-state index contributed by atoms with van der Waals surface area (Å²) in [4.78, 5) is 26.6. The number of aliphatic hydroxyl groups is 1. The zero-order chi connectivity index (χ0) is 18.4. The van der Waals surface area contributed by atoms with Gasteiger partial charge in [-0.3, -0.25) is 4.79 Å². The fourth-order valence-electron chi connectivity index (χ4n) is 2.94. The van der Waals surface area contributed by atoms with Crippen LogP contribution in [-0.4, -0.2) is 41.2 Å². The lowest BCUT2D eigenvalue weighted by Gasteiger charge is -2.24. The van der Waals surface area contributed by atoms with E-state index in [9.17, 15) is 14.7 Å². The van der Waals surface area contributed by atoms with E-state index in [0.717, 1.165) is 5.56 Å². The van der Waals surface area contributed by atoms with Crippen LogP contribution in [0.25, 0.3) is 0 Å². The third kappa shape index (κ3) is 4.61. The Morgan fingerprint density at radius 1 is 1.12 bits per heavy atom. The van der Waals surface area contributed by atoms with Crippen molar-refractivity contribution in [3.05, 3.63) is 71.8 Å². The highest BCUT2D eigenvalue weighted by molar-refractivity contribution is 5.87. The zero-order valence-corrected chi connectivity index (χ0v) is 14.4. The van der Waals surface area contributed by atoms with Gasteiger partial charge in [0, 0.05) is 13.1 Å². The number of benzene rings is 2. The number of likely N-dealkylation sites (tertiary alicyclic amines) is 1. The molecule has 136 valence electrons. The van der Waals surface area contributed by atoms with E-state index in [2.05, 4.69) is 5.32 Å². The SMILES string of the molecule is O=C(NC(C(=O)N1CCC(O)C1)c1ccccc1)OCc1ccccc1. The predicted octanol–water partition coefficient (Wildman–Crippen LogP) is 2.25. The van der Waals surface area contributed by atoms with E-state index in [1.165, 1.54) is 0 Å². The lowest BCUT2D eigenvalue weighted by molar-refractivity contribution is -0.132. The molecule has 1 aliphatic heterocycles. The third-order valence-corrected chi connectivity index (χ3v) is 4.33. The number of rotatable bonds is 5.